The molecule has 0 aromatic carbocycles. The Morgan fingerprint density at radius 2 is 1.57 bits per heavy atom. The fraction of sp³-hybridized carbons (Fsp3) is 0.778. The molecule has 5 heteroatoms. The second-order valence-corrected chi connectivity index (χ2v) is 7.83. The van der Waals surface area contributed by atoms with E-state index in [1.165, 1.54) is 19.3 Å². The van der Waals surface area contributed by atoms with E-state index in [1.807, 2.05) is 0 Å². The molecule has 0 spiro atoms. The topological polar surface area (TPSA) is 72.8 Å². The van der Waals surface area contributed by atoms with Crippen molar-refractivity contribution >= 4 is 11.9 Å². The molecule has 4 bridgehead atoms. The number of aliphatic hydroxyl groups excluding tert-OH is 1. The summed E-state index contributed by atoms with van der Waals surface area (Å²) >= 11 is 0. The third-order valence-electron chi connectivity index (χ3n) is 5.63. The van der Waals surface area contributed by atoms with Gasteiger partial charge in [-0.15, -0.1) is 0 Å². The van der Waals surface area contributed by atoms with E-state index < -0.39 is 12.1 Å². The minimum atomic E-state index is -0.990. The van der Waals surface area contributed by atoms with Crippen molar-refractivity contribution in [3.63, 3.8) is 0 Å². The summed E-state index contributed by atoms with van der Waals surface area (Å²) in [4.78, 5) is 23.9. The molecule has 4 aliphatic rings. The van der Waals surface area contributed by atoms with E-state index >= 15 is 0 Å². The number of carbonyl (C=O) groups is 2. The Labute approximate surface area is 137 Å². The van der Waals surface area contributed by atoms with E-state index in [0.717, 1.165) is 19.3 Å². The number of rotatable bonds is 6. The largest absolute Gasteiger partial charge is 0.462 e. The molecular weight excluding hydrogens is 296 g/mol. The molecule has 0 aliphatic heterocycles. The summed E-state index contributed by atoms with van der Waals surface area (Å²) in [6.07, 6.45) is 5.65. The lowest BCUT2D eigenvalue weighted by Crippen LogP contribution is -2.51. The van der Waals surface area contributed by atoms with Crippen LogP contribution in [0.4, 0.5) is 0 Å². The number of ether oxygens (including phenoxy) is 2. The molecule has 4 saturated carbocycles. The molecule has 0 radical (unpaired) electrons. The fourth-order valence-electron chi connectivity index (χ4n) is 5.03. The Morgan fingerprint density at radius 3 is 2.04 bits per heavy atom. The summed E-state index contributed by atoms with van der Waals surface area (Å²) in [6, 6.07) is 0. The van der Waals surface area contributed by atoms with Crippen LogP contribution in [-0.4, -0.2) is 36.4 Å². The first kappa shape index (κ1) is 16.5. The lowest BCUT2D eigenvalue weighted by atomic mass is 9.49. The van der Waals surface area contributed by atoms with Gasteiger partial charge in [-0.05, 0) is 63.2 Å². The van der Waals surface area contributed by atoms with Crippen LogP contribution in [0.1, 0.15) is 45.4 Å². The van der Waals surface area contributed by atoms with Gasteiger partial charge in [-0.1, -0.05) is 6.58 Å². The van der Waals surface area contributed by atoms with Crippen molar-refractivity contribution in [3.8, 4) is 0 Å². The lowest BCUT2D eigenvalue weighted by Gasteiger charge is -2.55. The zero-order valence-electron chi connectivity index (χ0n) is 13.8. The van der Waals surface area contributed by atoms with Crippen molar-refractivity contribution < 1.29 is 24.2 Å². The van der Waals surface area contributed by atoms with Gasteiger partial charge in [0.05, 0.1) is 5.41 Å². The number of aliphatic hydroxyl groups is 1. The third kappa shape index (κ3) is 3.44. The molecule has 0 amide bonds. The normalized spacial score (nSPS) is 35.7. The summed E-state index contributed by atoms with van der Waals surface area (Å²) in [5.41, 5.74) is -0.0363. The minimum Gasteiger partial charge on any atom is -0.462 e. The highest BCUT2D eigenvalue weighted by molar-refractivity contribution is 5.86. The third-order valence-corrected chi connectivity index (χ3v) is 5.63. The van der Waals surface area contributed by atoms with E-state index in [4.69, 9.17) is 9.47 Å². The number of hydrogen-bond acceptors (Lipinski definition) is 5. The molecule has 0 heterocycles. The molecule has 5 nitrogen and oxygen atoms in total. The first-order valence-corrected chi connectivity index (χ1v) is 8.56. The predicted octanol–water partition coefficient (Wildman–Crippen LogP) is 2.23. The van der Waals surface area contributed by atoms with Crippen LogP contribution in [0.2, 0.25) is 0 Å². The van der Waals surface area contributed by atoms with Gasteiger partial charge in [-0.25, -0.2) is 4.79 Å². The predicted molar refractivity (Wildman–Crippen MR) is 83.3 cm³/mol. The first-order chi connectivity index (χ1) is 10.9. The Balaban J connectivity index is 1.48. The molecule has 4 rings (SSSR count). The van der Waals surface area contributed by atoms with E-state index in [2.05, 4.69) is 6.58 Å². The van der Waals surface area contributed by atoms with Gasteiger partial charge < -0.3 is 14.6 Å². The maximum Gasteiger partial charge on any atom is 0.333 e. The van der Waals surface area contributed by atoms with Crippen LogP contribution < -0.4 is 0 Å². The second-order valence-electron chi connectivity index (χ2n) is 7.83. The molecule has 4 fully saturated rings. The molecule has 1 N–H and O–H groups in total. The van der Waals surface area contributed by atoms with Gasteiger partial charge >= 0.3 is 11.9 Å². The Kier molecular flexibility index (Phi) is 4.50. The van der Waals surface area contributed by atoms with Gasteiger partial charge in [-0.3, -0.25) is 4.79 Å². The number of carbonyl (C=O) groups excluding carboxylic acids is 2. The standard InChI is InChI=1S/C18H26O5/c1-11(2)16(20)22-9-15(19)10-23-17(21)18-6-12-3-13(7-18)5-14(4-12)8-18/h12-15,19H,1,3-10H2,2H3. The van der Waals surface area contributed by atoms with Gasteiger partial charge in [0.25, 0.3) is 0 Å². The van der Waals surface area contributed by atoms with E-state index in [0.29, 0.717) is 17.8 Å². The van der Waals surface area contributed by atoms with E-state index in [-0.39, 0.29) is 30.2 Å². The molecule has 0 aromatic heterocycles. The van der Waals surface area contributed by atoms with Gasteiger partial charge in [0.15, 0.2) is 0 Å². The van der Waals surface area contributed by atoms with Crippen molar-refractivity contribution in [2.45, 2.75) is 51.6 Å². The van der Waals surface area contributed by atoms with Gasteiger partial charge in [0.1, 0.15) is 19.3 Å². The van der Waals surface area contributed by atoms with Crippen LogP contribution in [0.25, 0.3) is 0 Å². The van der Waals surface area contributed by atoms with Crippen LogP contribution in [0.15, 0.2) is 12.2 Å². The average Bonchev–Trinajstić information content (AvgIpc) is 2.48. The zero-order chi connectivity index (χ0) is 16.6. The van der Waals surface area contributed by atoms with Crippen LogP contribution in [0.5, 0.6) is 0 Å². The van der Waals surface area contributed by atoms with Crippen molar-refractivity contribution in [1.29, 1.82) is 0 Å². The Bertz CT molecular complexity index is 474. The summed E-state index contributed by atoms with van der Waals surface area (Å²) in [5.74, 6) is 1.32. The second kappa shape index (κ2) is 6.27. The monoisotopic (exact) mass is 322 g/mol. The smallest absolute Gasteiger partial charge is 0.333 e. The van der Waals surface area contributed by atoms with E-state index in [9.17, 15) is 14.7 Å². The molecule has 0 saturated heterocycles. The zero-order valence-corrected chi connectivity index (χ0v) is 13.8. The van der Waals surface area contributed by atoms with Crippen LogP contribution in [0.3, 0.4) is 0 Å². The molecular formula is C18H26O5. The van der Waals surface area contributed by atoms with Crippen molar-refractivity contribution in [3.05, 3.63) is 12.2 Å². The van der Waals surface area contributed by atoms with Crippen LogP contribution >= 0.6 is 0 Å². The van der Waals surface area contributed by atoms with Crippen molar-refractivity contribution in [2.75, 3.05) is 13.2 Å². The Morgan fingerprint density at radius 1 is 1.09 bits per heavy atom. The van der Waals surface area contributed by atoms with Gasteiger partial charge in [0.2, 0.25) is 0 Å². The maximum absolute atomic E-state index is 12.6. The van der Waals surface area contributed by atoms with Gasteiger partial charge in [-0.2, -0.15) is 0 Å². The molecule has 23 heavy (non-hydrogen) atoms. The number of esters is 2. The summed E-state index contributed by atoms with van der Waals surface area (Å²) in [5, 5.41) is 9.83. The SMILES string of the molecule is C=C(C)C(=O)OCC(O)COC(=O)C12CC3CC(CC(C3)C1)C2. The summed E-state index contributed by atoms with van der Waals surface area (Å²) < 4.78 is 10.2. The van der Waals surface area contributed by atoms with Crippen LogP contribution in [-0.2, 0) is 19.1 Å². The lowest BCUT2D eigenvalue weighted by molar-refractivity contribution is -0.175. The molecule has 1 atom stereocenters. The van der Waals surface area contributed by atoms with Crippen molar-refractivity contribution in [1.82, 2.24) is 0 Å². The highest BCUT2D eigenvalue weighted by atomic mass is 16.6. The average molecular weight is 322 g/mol. The highest BCUT2D eigenvalue weighted by Crippen LogP contribution is 2.60. The van der Waals surface area contributed by atoms with Gasteiger partial charge in [0, 0.05) is 5.57 Å². The molecule has 0 aromatic rings. The molecule has 128 valence electrons. The molecule has 1 unspecified atom stereocenters. The Hall–Kier alpha value is -1.36. The van der Waals surface area contributed by atoms with Crippen LogP contribution in [0, 0.1) is 23.2 Å². The van der Waals surface area contributed by atoms with Crippen molar-refractivity contribution in [2.24, 2.45) is 23.2 Å². The van der Waals surface area contributed by atoms with E-state index in [1.54, 1.807) is 6.92 Å². The number of hydrogen-bond donors (Lipinski definition) is 1. The fourth-order valence-corrected chi connectivity index (χ4v) is 5.03. The minimum absolute atomic E-state index is 0.121. The first-order valence-electron chi connectivity index (χ1n) is 8.56. The highest BCUT2D eigenvalue weighted by Gasteiger charge is 2.55. The summed E-state index contributed by atoms with van der Waals surface area (Å²) in [6.45, 7) is 4.71. The quantitative estimate of drug-likeness (QED) is 0.600. The maximum atomic E-state index is 12.6. The molecule has 4 aliphatic carbocycles. The summed E-state index contributed by atoms with van der Waals surface area (Å²) in [7, 11) is 0.